The number of carbonyl (C=O) groups is 1. The lowest BCUT2D eigenvalue weighted by Gasteiger charge is -2.36. The van der Waals surface area contributed by atoms with Crippen molar-refractivity contribution in [1.29, 1.82) is 0 Å². The first-order valence-corrected chi connectivity index (χ1v) is 7.27. The van der Waals surface area contributed by atoms with Gasteiger partial charge in [-0.25, -0.2) is 0 Å². The zero-order chi connectivity index (χ0) is 12.1. The van der Waals surface area contributed by atoms with E-state index >= 15 is 0 Å². The summed E-state index contributed by atoms with van der Waals surface area (Å²) in [6, 6.07) is 0. The van der Waals surface area contributed by atoms with Crippen molar-refractivity contribution in [1.82, 2.24) is 0 Å². The van der Waals surface area contributed by atoms with E-state index in [4.69, 9.17) is 4.74 Å². The van der Waals surface area contributed by atoms with E-state index in [-0.39, 0.29) is 0 Å². The molecular weight excluding hydrogens is 212 g/mol. The molecule has 0 heterocycles. The van der Waals surface area contributed by atoms with Gasteiger partial charge in [-0.3, -0.25) is 0 Å². The van der Waals surface area contributed by atoms with Gasteiger partial charge < -0.3 is 9.53 Å². The van der Waals surface area contributed by atoms with E-state index in [0.29, 0.717) is 5.92 Å². The second kappa shape index (κ2) is 6.53. The Labute approximate surface area is 105 Å². The zero-order valence-corrected chi connectivity index (χ0v) is 11.1. The molecule has 0 spiro atoms. The summed E-state index contributed by atoms with van der Waals surface area (Å²) < 4.78 is 5.25. The number of methoxy groups -OCH3 is 1. The first kappa shape index (κ1) is 13.1. The van der Waals surface area contributed by atoms with Crippen molar-refractivity contribution in [3.05, 3.63) is 0 Å². The highest BCUT2D eigenvalue weighted by atomic mass is 16.5. The van der Waals surface area contributed by atoms with Crippen molar-refractivity contribution in [2.24, 2.45) is 23.7 Å². The summed E-state index contributed by atoms with van der Waals surface area (Å²) in [4.78, 5) is 10.7. The number of rotatable bonds is 4. The number of aldehydes is 1. The van der Waals surface area contributed by atoms with Gasteiger partial charge in [0.05, 0.1) is 0 Å². The SMILES string of the molecule is COCC1CCC(C2CCC(C=O)CC2)CC1. The summed E-state index contributed by atoms with van der Waals surface area (Å²) in [6.45, 7) is 0.949. The van der Waals surface area contributed by atoms with E-state index in [9.17, 15) is 4.79 Å². The van der Waals surface area contributed by atoms with Crippen LogP contribution in [-0.2, 0) is 9.53 Å². The van der Waals surface area contributed by atoms with Gasteiger partial charge in [0.25, 0.3) is 0 Å². The molecule has 0 radical (unpaired) electrons. The highest BCUT2D eigenvalue weighted by Gasteiger charge is 2.30. The average molecular weight is 238 g/mol. The second-order valence-electron chi connectivity index (χ2n) is 6.05. The van der Waals surface area contributed by atoms with Crippen LogP contribution < -0.4 is 0 Å². The van der Waals surface area contributed by atoms with Crippen LogP contribution in [0, 0.1) is 23.7 Å². The zero-order valence-electron chi connectivity index (χ0n) is 11.1. The Morgan fingerprint density at radius 3 is 1.94 bits per heavy atom. The highest BCUT2D eigenvalue weighted by molar-refractivity contribution is 5.53. The van der Waals surface area contributed by atoms with E-state index in [1.54, 1.807) is 0 Å². The quantitative estimate of drug-likeness (QED) is 0.701. The third-order valence-corrected chi connectivity index (χ3v) is 4.97. The molecule has 0 aromatic rings. The summed E-state index contributed by atoms with van der Waals surface area (Å²) in [7, 11) is 1.81. The maximum Gasteiger partial charge on any atom is 0.123 e. The van der Waals surface area contributed by atoms with Crippen molar-refractivity contribution in [2.45, 2.75) is 51.4 Å². The maximum atomic E-state index is 10.7. The lowest BCUT2D eigenvalue weighted by Crippen LogP contribution is -2.27. The van der Waals surface area contributed by atoms with Gasteiger partial charge in [0.15, 0.2) is 0 Å². The van der Waals surface area contributed by atoms with Gasteiger partial charge in [0, 0.05) is 19.6 Å². The normalized spacial score (nSPS) is 38.9. The van der Waals surface area contributed by atoms with Gasteiger partial charge in [-0.1, -0.05) is 0 Å². The molecule has 0 aromatic heterocycles. The number of carbonyl (C=O) groups excluding carboxylic acids is 1. The molecule has 2 fully saturated rings. The number of hydrogen-bond acceptors (Lipinski definition) is 2. The molecule has 0 saturated heterocycles. The van der Waals surface area contributed by atoms with Crippen molar-refractivity contribution in [3.8, 4) is 0 Å². The first-order chi connectivity index (χ1) is 8.33. The summed E-state index contributed by atoms with van der Waals surface area (Å²) in [6.07, 6.45) is 11.5. The van der Waals surface area contributed by atoms with Crippen molar-refractivity contribution < 1.29 is 9.53 Å². The summed E-state index contributed by atoms with van der Waals surface area (Å²) in [5.74, 6) is 3.03. The Bertz CT molecular complexity index is 223. The van der Waals surface area contributed by atoms with Crippen LogP contribution in [0.2, 0.25) is 0 Å². The first-order valence-electron chi connectivity index (χ1n) is 7.27. The van der Waals surface area contributed by atoms with Gasteiger partial charge in [0.2, 0.25) is 0 Å². The smallest absolute Gasteiger partial charge is 0.123 e. The van der Waals surface area contributed by atoms with Crippen LogP contribution in [0.3, 0.4) is 0 Å². The molecular formula is C15H26O2. The third kappa shape index (κ3) is 3.54. The fourth-order valence-electron chi connectivity index (χ4n) is 3.81. The van der Waals surface area contributed by atoms with Gasteiger partial charge in [-0.05, 0) is 69.1 Å². The highest BCUT2D eigenvalue weighted by Crippen LogP contribution is 2.40. The maximum absolute atomic E-state index is 10.7. The lowest BCUT2D eigenvalue weighted by molar-refractivity contribution is -0.112. The van der Waals surface area contributed by atoms with Crippen molar-refractivity contribution in [3.63, 3.8) is 0 Å². The average Bonchev–Trinajstić information content (AvgIpc) is 2.40. The number of ether oxygens (including phenoxy) is 1. The monoisotopic (exact) mass is 238 g/mol. The minimum absolute atomic E-state index is 0.371. The Balaban J connectivity index is 1.72. The molecule has 2 nitrogen and oxygen atoms in total. The van der Waals surface area contributed by atoms with Crippen LogP contribution in [0.15, 0.2) is 0 Å². The van der Waals surface area contributed by atoms with E-state index in [1.165, 1.54) is 44.8 Å². The largest absolute Gasteiger partial charge is 0.384 e. The van der Waals surface area contributed by atoms with E-state index in [0.717, 1.165) is 37.2 Å². The van der Waals surface area contributed by atoms with Crippen LogP contribution in [0.5, 0.6) is 0 Å². The minimum atomic E-state index is 0.371. The fourth-order valence-corrected chi connectivity index (χ4v) is 3.81. The molecule has 17 heavy (non-hydrogen) atoms. The Morgan fingerprint density at radius 1 is 0.941 bits per heavy atom. The third-order valence-electron chi connectivity index (χ3n) is 4.97. The molecule has 0 aromatic carbocycles. The van der Waals surface area contributed by atoms with E-state index in [1.807, 2.05) is 7.11 Å². The Kier molecular flexibility index (Phi) is 5.02. The summed E-state index contributed by atoms with van der Waals surface area (Å²) in [5, 5.41) is 0. The van der Waals surface area contributed by atoms with E-state index in [2.05, 4.69) is 0 Å². The lowest BCUT2D eigenvalue weighted by atomic mass is 9.69. The summed E-state index contributed by atoms with van der Waals surface area (Å²) in [5.41, 5.74) is 0. The molecule has 98 valence electrons. The van der Waals surface area contributed by atoms with Crippen molar-refractivity contribution >= 4 is 6.29 Å². The predicted octanol–water partition coefficient (Wildman–Crippen LogP) is 3.44. The molecule has 2 heteroatoms. The Morgan fingerprint density at radius 2 is 1.47 bits per heavy atom. The van der Waals surface area contributed by atoms with Gasteiger partial charge in [0.1, 0.15) is 6.29 Å². The molecule has 2 rings (SSSR count). The van der Waals surface area contributed by atoms with Crippen LogP contribution >= 0.6 is 0 Å². The van der Waals surface area contributed by atoms with Crippen LogP contribution in [0.1, 0.15) is 51.4 Å². The molecule has 0 amide bonds. The standard InChI is InChI=1S/C15H26O2/c1-17-11-13-4-8-15(9-5-13)14-6-2-12(10-16)3-7-14/h10,12-15H,2-9,11H2,1H3. The van der Waals surface area contributed by atoms with Crippen LogP contribution in [0.4, 0.5) is 0 Å². The Hall–Kier alpha value is -0.370. The topological polar surface area (TPSA) is 26.3 Å². The predicted molar refractivity (Wildman–Crippen MR) is 68.8 cm³/mol. The molecule has 2 saturated carbocycles. The van der Waals surface area contributed by atoms with Gasteiger partial charge in [-0.15, -0.1) is 0 Å². The molecule has 0 N–H and O–H groups in total. The molecule has 2 aliphatic carbocycles. The molecule has 0 bridgehead atoms. The molecule has 0 unspecified atom stereocenters. The van der Waals surface area contributed by atoms with Crippen LogP contribution in [0.25, 0.3) is 0 Å². The molecule has 0 atom stereocenters. The summed E-state index contributed by atoms with van der Waals surface area (Å²) >= 11 is 0. The van der Waals surface area contributed by atoms with Gasteiger partial charge >= 0.3 is 0 Å². The fraction of sp³-hybridized carbons (Fsp3) is 0.933. The molecule has 0 aliphatic heterocycles. The minimum Gasteiger partial charge on any atom is -0.384 e. The van der Waals surface area contributed by atoms with Crippen molar-refractivity contribution in [2.75, 3.05) is 13.7 Å². The second-order valence-corrected chi connectivity index (χ2v) is 6.05. The number of hydrogen-bond donors (Lipinski definition) is 0. The van der Waals surface area contributed by atoms with Crippen LogP contribution in [-0.4, -0.2) is 20.0 Å². The van der Waals surface area contributed by atoms with Gasteiger partial charge in [-0.2, -0.15) is 0 Å². The van der Waals surface area contributed by atoms with E-state index < -0.39 is 0 Å². The molecule has 2 aliphatic rings.